The van der Waals surface area contributed by atoms with Crippen molar-refractivity contribution in [1.29, 1.82) is 0 Å². The van der Waals surface area contributed by atoms with Crippen molar-refractivity contribution in [2.24, 2.45) is 0 Å². The van der Waals surface area contributed by atoms with Crippen LogP contribution in [0.5, 0.6) is 5.75 Å². The molecule has 3 rings (SSSR count). The standard InChI is InChI=1S/C21H21N7O6/c1-2-3-12-34-17-10-6-15(7-11-17)24-19-18(28(32)33)20(23-13-22-19)25-26-21(29)14-4-8-16(9-5-14)27(30)31/h4-11,13H,2-3,12H2,1H3,(H,26,29)(H2,22,23,24,25). The molecule has 13 nitrogen and oxygen atoms in total. The van der Waals surface area contributed by atoms with Crippen LogP contribution in [-0.4, -0.2) is 32.3 Å². The van der Waals surface area contributed by atoms with Crippen molar-refractivity contribution in [3.8, 4) is 5.75 Å². The lowest BCUT2D eigenvalue weighted by atomic mass is 10.2. The molecule has 34 heavy (non-hydrogen) atoms. The number of hydrogen-bond acceptors (Lipinski definition) is 10. The zero-order valence-electron chi connectivity index (χ0n) is 18.1. The molecule has 0 fully saturated rings. The van der Waals surface area contributed by atoms with E-state index < -0.39 is 21.4 Å². The highest BCUT2D eigenvalue weighted by atomic mass is 16.6. The number of non-ortho nitro benzene ring substituents is 1. The number of nitro benzene ring substituents is 1. The Bertz CT molecular complexity index is 1170. The summed E-state index contributed by atoms with van der Waals surface area (Å²) in [6.07, 6.45) is 3.04. The number of carbonyl (C=O) groups is 1. The highest BCUT2D eigenvalue weighted by Gasteiger charge is 2.24. The normalized spacial score (nSPS) is 10.3. The molecule has 0 saturated carbocycles. The van der Waals surface area contributed by atoms with Crippen molar-refractivity contribution in [3.05, 3.63) is 80.7 Å². The molecule has 13 heteroatoms. The molecule has 1 amide bonds. The Hall–Kier alpha value is -4.81. The number of ether oxygens (including phenoxy) is 1. The van der Waals surface area contributed by atoms with Gasteiger partial charge in [0, 0.05) is 23.4 Å². The van der Waals surface area contributed by atoms with E-state index in [2.05, 4.69) is 33.1 Å². The van der Waals surface area contributed by atoms with Gasteiger partial charge in [-0.25, -0.2) is 9.97 Å². The predicted molar refractivity (Wildman–Crippen MR) is 123 cm³/mol. The summed E-state index contributed by atoms with van der Waals surface area (Å²) in [5.74, 6) is -0.340. The Morgan fingerprint density at radius 3 is 2.26 bits per heavy atom. The van der Waals surface area contributed by atoms with Crippen molar-refractivity contribution < 1.29 is 19.4 Å². The van der Waals surface area contributed by atoms with Crippen molar-refractivity contribution in [1.82, 2.24) is 15.4 Å². The maximum absolute atomic E-state index is 12.3. The van der Waals surface area contributed by atoms with Crippen LogP contribution < -0.4 is 20.9 Å². The number of unbranched alkanes of at least 4 members (excludes halogenated alkanes) is 1. The van der Waals surface area contributed by atoms with E-state index in [1.54, 1.807) is 24.3 Å². The molecule has 0 bridgehead atoms. The summed E-state index contributed by atoms with van der Waals surface area (Å²) in [5.41, 5.74) is 4.67. The van der Waals surface area contributed by atoms with E-state index in [1.165, 1.54) is 24.3 Å². The molecule has 0 aliphatic carbocycles. The lowest BCUT2D eigenvalue weighted by molar-refractivity contribution is -0.384. The molecular formula is C21H21N7O6. The monoisotopic (exact) mass is 467 g/mol. The molecule has 1 heterocycles. The van der Waals surface area contributed by atoms with Crippen molar-refractivity contribution in [3.63, 3.8) is 0 Å². The molecule has 0 radical (unpaired) electrons. The predicted octanol–water partition coefficient (Wildman–Crippen LogP) is 3.97. The van der Waals surface area contributed by atoms with Gasteiger partial charge in [-0.1, -0.05) is 13.3 Å². The summed E-state index contributed by atoms with van der Waals surface area (Å²) in [4.78, 5) is 41.2. The van der Waals surface area contributed by atoms with E-state index in [0.29, 0.717) is 18.0 Å². The second-order valence-electron chi connectivity index (χ2n) is 6.91. The zero-order chi connectivity index (χ0) is 24.5. The number of nitrogens with one attached hydrogen (secondary N) is 3. The van der Waals surface area contributed by atoms with Crippen LogP contribution in [0.3, 0.4) is 0 Å². The average molecular weight is 467 g/mol. The van der Waals surface area contributed by atoms with E-state index in [1.807, 2.05) is 0 Å². The topological polar surface area (TPSA) is 174 Å². The fraction of sp³-hybridized carbons (Fsp3) is 0.190. The smallest absolute Gasteiger partial charge is 0.355 e. The number of carbonyl (C=O) groups excluding carboxylic acids is 1. The summed E-state index contributed by atoms with van der Waals surface area (Å²) < 4.78 is 5.60. The van der Waals surface area contributed by atoms with Gasteiger partial charge < -0.3 is 10.1 Å². The van der Waals surface area contributed by atoms with Crippen LogP contribution in [0.1, 0.15) is 30.1 Å². The second-order valence-corrected chi connectivity index (χ2v) is 6.91. The highest BCUT2D eigenvalue weighted by Crippen LogP contribution is 2.31. The molecule has 1 aromatic heterocycles. The van der Waals surface area contributed by atoms with E-state index in [0.717, 1.165) is 19.2 Å². The van der Waals surface area contributed by atoms with Gasteiger partial charge in [-0.3, -0.25) is 35.9 Å². The Kier molecular flexibility index (Phi) is 7.84. The average Bonchev–Trinajstić information content (AvgIpc) is 2.83. The van der Waals surface area contributed by atoms with E-state index >= 15 is 0 Å². The molecule has 0 aliphatic heterocycles. The van der Waals surface area contributed by atoms with Gasteiger partial charge in [0.05, 0.1) is 16.5 Å². The summed E-state index contributed by atoms with van der Waals surface area (Å²) in [7, 11) is 0. The van der Waals surface area contributed by atoms with Gasteiger partial charge in [0.1, 0.15) is 12.1 Å². The maximum Gasteiger partial charge on any atom is 0.355 e. The van der Waals surface area contributed by atoms with Crippen molar-refractivity contribution in [2.45, 2.75) is 19.8 Å². The molecule has 0 unspecified atom stereocenters. The Morgan fingerprint density at radius 1 is 0.971 bits per heavy atom. The number of nitro groups is 2. The van der Waals surface area contributed by atoms with Crippen LogP contribution >= 0.6 is 0 Å². The van der Waals surface area contributed by atoms with Crippen LogP contribution in [0.25, 0.3) is 0 Å². The SMILES string of the molecule is CCCCOc1ccc(Nc2ncnc(NNC(=O)c3ccc([N+](=O)[O-])cc3)c2[N+](=O)[O-])cc1. The minimum atomic E-state index is -0.690. The fourth-order valence-corrected chi connectivity index (χ4v) is 2.76. The quantitative estimate of drug-likeness (QED) is 0.212. The number of rotatable bonds is 11. The summed E-state index contributed by atoms with van der Waals surface area (Å²) in [6, 6.07) is 11.7. The molecule has 3 aromatic rings. The number of hydrazine groups is 1. The van der Waals surface area contributed by atoms with Gasteiger partial charge in [0.15, 0.2) is 0 Å². The fourth-order valence-electron chi connectivity index (χ4n) is 2.76. The third kappa shape index (κ3) is 6.12. The van der Waals surface area contributed by atoms with E-state index in [4.69, 9.17) is 4.74 Å². The minimum absolute atomic E-state index is 0.0910. The van der Waals surface area contributed by atoms with Gasteiger partial charge in [-0.15, -0.1) is 0 Å². The Balaban J connectivity index is 1.71. The van der Waals surface area contributed by atoms with Gasteiger partial charge in [-0.05, 0) is 42.8 Å². The number of amides is 1. The van der Waals surface area contributed by atoms with Gasteiger partial charge in [0.25, 0.3) is 11.6 Å². The lowest BCUT2D eigenvalue weighted by Gasteiger charge is -2.11. The number of nitrogens with zero attached hydrogens (tertiary/aromatic N) is 4. The number of aromatic nitrogens is 2. The van der Waals surface area contributed by atoms with Crippen LogP contribution in [0.4, 0.5) is 28.7 Å². The third-order valence-electron chi connectivity index (χ3n) is 4.52. The number of benzene rings is 2. The Morgan fingerprint density at radius 2 is 1.65 bits per heavy atom. The third-order valence-corrected chi connectivity index (χ3v) is 4.52. The van der Waals surface area contributed by atoms with Crippen LogP contribution in [-0.2, 0) is 0 Å². The highest BCUT2D eigenvalue weighted by molar-refractivity contribution is 5.95. The minimum Gasteiger partial charge on any atom is -0.494 e. The second kappa shape index (κ2) is 11.2. The molecule has 0 saturated heterocycles. The summed E-state index contributed by atoms with van der Waals surface area (Å²) >= 11 is 0. The molecular weight excluding hydrogens is 446 g/mol. The lowest BCUT2D eigenvalue weighted by Crippen LogP contribution is -2.30. The van der Waals surface area contributed by atoms with Crippen LogP contribution in [0.15, 0.2) is 54.9 Å². The zero-order valence-corrected chi connectivity index (χ0v) is 18.1. The van der Waals surface area contributed by atoms with Crippen LogP contribution in [0.2, 0.25) is 0 Å². The number of anilines is 3. The molecule has 0 spiro atoms. The largest absolute Gasteiger partial charge is 0.494 e. The first-order chi connectivity index (χ1) is 16.4. The molecule has 176 valence electrons. The van der Waals surface area contributed by atoms with E-state index in [-0.39, 0.29) is 22.9 Å². The van der Waals surface area contributed by atoms with Crippen molar-refractivity contribution >= 4 is 34.6 Å². The molecule has 0 aliphatic rings. The first-order valence-corrected chi connectivity index (χ1v) is 10.2. The molecule has 0 atom stereocenters. The molecule has 3 N–H and O–H groups in total. The van der Waals surface area contributed by atoms with E-state index in [9.17, 15) is 25.0 Å². The van der Waals surface area contributed by atoms with Gasteiger partial charge in [0.2, 0.25) is 11.6 Å². The van der Waals surface area contributed by atoms with Gasteiger partial charge in [-0.2, -0.15) is 0 Å². The first kappa shape index (κ1) is 23.8. The maximum atomic E-state index is 12.3. The van der Waals surface area contributed by atoms with Gasteiger partial charge >= 0.3 is 5.69 Å². The number of hydrogen-bond donors (Lipinski definition) is 3. The first-order valence-electron chi connectivity index (χ1n) is 10.2. The Labute approximate surface area is 193 Å². The summed E-state index contributed by atoms with van der Waals surface area (Å²) in [5, 5.41) is 25.3. The van der Waals surface area contributed by atoms with Crippen molar-refractivity contribution in [2.75, 3.05) is 17.3 Å². The van der Waals surface area contributed by atoms with Crippen LogP contribution in [0, 0.1) is 20.2 Å². The summed E-state index contributed by atoms with van der Waals surface area (Å²) in [6.45, 7) is 2.66. The molecule has 2 aromatic carbocycles.